The third-order valence-electron chi connectivity index (χ3n) is 5.67. The number of benzene rings is 3. The maximum Gasteiger partial charge on any atom is 0.338 e. The van der Waals surface area contributed by atoms with E-state index in [9.17, 15) is 9.18 Å². The highest BCUT2D eigenvalue weighted by atomic mass is 19.1. The number of carboxylic acid groups (broad SMARTS) is 1. The number of nitrogens with zero attached hydrogens (tertiary/aromatic N) is 3. The maximum atomic E-state index is 14.1. The van der Waals surface area contributed by atoms with Gasteiger partial charge in [-0.2, -0.15) is 0 Å². The number of nitrogens with one attached hydrogen (secondary N) is 2. The first-order valence-corrected chi connectivity index (χ1v) is 11.2. The summed E-state index contributed by atoms with van der Waals surface area (Å²) in [6.45, 7) is 0. The van der Waals surface area contributed by atoms with Gasteiger partial charge in [-0.3, -0.25) is 0 Å². The van der Waals surface area contributed by atoms with Gasteiger partial charge in [-0.1, -0.05) is 12.1 Å². The Morgan fingerprint density at radius 2 is 1.70 bits per heavy atom. The smallest absolute Gasteiger partial charge is 0.338 e. The van der Waals surface area contributed by atoms with Crippen molar-refractivity contribution in [3.63, 3.8) is 0 Å². The Balaban J connectivity index is 1.47. The van der Waals surface area contributed by atoms with Gasteiger partial charge in [-0.15, -0.1) is 0 Å². The van der Waals surface area contributed by atoms with E-state index in [4.69, 9.17) is 19.6 Å². The van der Waals surface area contributed by atoms with Crippen LogP contribution in [0.2, 0.25) is 0 Å². The highest BCUT2D eigenvalue weighted by Gasteiger charge is 2.13. The summed E-state index contributed by atoms with van der Waals surface area (Å²) in [7, 11) is 3.15. The van der Waals surface area contributed by atoms with E-state index in [2.05, 4.69) is 15.6 Å². The average molecular weight is 500 g/mol. The number of carboxylic acids is 1. The number of halogens is 1. The highest BCUT2D eigenvalue weighted by Crippen LogP contribution is 2.32. The van der Waals surface area contributed by atoms with Crippen LogP contribution in [0.5, 0.6) is 11.5 Å². The van der Waals surface area contributed by atoms with E-state index in [-0.39, 0.29) is 5.56 Å². The predicted molar refractivity (Wildman–Crippen MR) is 138 cm³/mol. The van der Waals surface area contributed by atoms with Crippen LogP contribution in [0.1, 0.15) is 10.4 Å². The number of hydrogen-bond acceptors (Lipinski definition) is 7. The number of hydrogen-bond donors (Lipinski definition) is 3. The summed E-state index contributed by atoms with van der Waals surface area (Å²) in [6, 6.07) is 16.8. The lowest BCUT2D eigenvalue weighted by Crippen LogP contribution is -2.02. The zero-order chi connectivity index (χ0) is 25.9. The number of methoxy groups -OCH3 is 2. The van der Waals surface area contributed by atoms with E-state index in [0.29, 0.717) is 40.0 Å². The summed E-state index contributed by atoms with van der Waals surface area (Å²) in [4.78, 5) is 20.3. The molecule has 3 aromatic carbocycles. The molecule has 0 amide bonds. The standard InChI is InChI=1S/C27H22FN5O4/c1-36-23-9-7-19(14-24(23)37-2)31-25-26-29-10-11-33(26)15-22(32-25)16-4-3-5-17(12-16)30-18-6-8-20(27(34)35)21(28)13-18/h3-15,30H,1-2H3,(H,31,32)(H,34,35). The zero-order valence-corrected chi connectivity index (χ0v) is 19.9. The summed E-state index contributed by atoms with van der Waals surface area (Å²) in [5.41, 5.74) is 3.58. The largest absolute Gasteiger partial charge is 0.493 e. The molecule has 0 spiro atoms. The Morgan fingerprint density at radius 1 is 0.946 bits per heavy atom. The summed E-state index contributed by atoms with van der Waals surface area (Å²) >= 11 is 0. The first-order valence-electron chi connectivity index (χ1n) is 11.2. The molecule has 2 heterocycles. The maximum absolute atomic E-state index is 14.1. The van der Waals surface area contributed by atoms with Crippen LogP contribution in [0.15, 0.2) is 79.3 Å². The van der Waals surface area contributed by atoms with Crippen molar-refractivity contribution in [3.05, 3.63) is 90.6 Å². The van der Waals surface area contributed by atoms with Crippen molar-refractivity contribution >= 4 is 34.5 Å². The first kappa shape index (κ1) is 23.6. The van der Waals surface area contributed by atoms with Crippen molar-refractivity contribution in [3.8, 4) is 22.8 Å². The fraction of sp³-hybridized carbons (Fsp3) is 0.0741. The molecule has 0 aliphatic heterocycles. The lowest BCUT2D eigenvalue weighted by molar-refractivity contribution is 0.0692. The molecule has 0 saturated heterocycles. The Labute approximate surface area is 211 Å². The molecule has 0 aliphatic carbocycles. The number of aromatic nitrogens is 3. The third kappa shape index (κ3) is 4.85. The van der Waals surface area contributed by atoms with Crippen molar-refractivity contribution in [1.82, 2.24) is 14.4 Å². The molecule has 3 N–H and O–H groups in total. The van der Waals surface area contributed by atoms with Crippen LogP contribution in [0, 0.1) is 5.82 Å². The van der Waals surface area contributed by atoms with E-state index in [1.807, 2.05) is 53.2 Å². The van der Waals surface area contributed by atoms with Crippen LogP contribution < -0.4 is 20.1 Å². The molecule has 186 valence electrons. The van der Waals surface area contributed by atoms with Crippen LogP contribution >= 0.6 is 0 Å². The molecule has 0 atom stereocenters. The molecule has 0 radical (unpaired) electrons. The van der Waals surface area contributed by atoms with E-state index < -0.39 is 11.8 Å². The monoisotopic (exact) mass is 499 g/mol. The van der Waals surface area contributed by atoms with Crippen molar-refractivity contribution in [1.29, 1.82) is 0 Å². The minimum atomic E-state index is -1.32. The molecular weight excluding hydrogens is 477 g/mol. The van der Waals surface area contributed by atoms with Crippen LogP contribution in [0.4, 0.5) is 27.3 Å². The molecule has 5 rings (SSSR count). The summed E-state index contributed by atoms with van der Waals surface area (Å²) < 4.78 is 26.7. The van der Waals surface area contributed by atoms with Crippen LogP contribution in [-0.2, 0) is 0 Å². The Morgan fingerprint density at radius 3 is 2.46 bits per heavy atom. The molecular formula is C27H22FN5O4. The van der Waals surface area contributed by atoms with Gasteiger partial charge >= 0.3 is 5.97 Å². The highest BCUT2D eigenvalue weighted by molar-refractivity contribution is 5.88. The van der Waals surface area contributed by atoms with Gasteiger partial charge in [-0.25, -0.2) is 19.2 Å². The normalized spacial score (nSPS) is 10.8. The molecule has 10 heteroatoms. The fourth-order valence-electron chi connectivity index (χ4n) is 3.89. The lowest BCUT2D eigenvalue weighted by Gasteiger charge is -2.13. The van der Waals surface area contributed by atoms with Crippen molar-refractivity contribution in [2.45, 2.75) is 0 Å². The van der Waals surface area contributed by atoms with Crippen LogP contribution in [0.3, 0.4) is 0 Å². The number of rotatable bonds is 8. The van der Waals surface area contributed by atoms with Gasteiger partial charge in [0.2, 0.25) is 0 Å². The topological polar surface area (TPSA) is 110 Å². The van der Waals surface area contributed by atoms with Crippen LogP contribution in [0.25, 0.3) is 16.9 Å². The second kappa shape index (κ2) is 9.86. The zero-order valence-electron chi connectivity index (χ0n) is 19.9. The van der Waals surface area contributed by atoms with Crippen molar-refractivity contribution in [2.75, 3.05) is 24.9 Å². The summed E-state index contributed by atoms with van der Waals surface area (Å²) in [6.07, 6.45) is 5.38. The molecule has 5 aromatic rings. The van der Waals surface area contributed by atoms with Gasteiger partial charge in [0.1, 0.15) is 5.82 Å². The number of imidazole rings is 1. The van der Waals surface area contributed by atoms with Gasteiger partial charge in [0.15, 0.2) is 23.0 Å². The third-order valence-corrected chi connectivity index (χ3v) is 5.67. The fourth-order valence-corrected chi connectivity index (χ4v) is 3.89. The number of anilines is 4. The second-order valence-corrected chi connectivity index (χ2v) is 8.03. The van der Waals surface area contributed by atoms with Crippen molar-refractivity contribution < 1.29 is 23.8 Å². The number of carbonyl (C=O) groups is 1. The number of fused-ring (bicyclic) bond motifs is 1. The van der Waals surface area contributed by atoms with Crippen molar-refractivity contribution in [2.24, 2.45) is 0 Å². The minimum absolute atomic E-state index is 0.383. The van der Waals surface area contributed by atoms with Gasteiger partial charge in [-0.05, 0) is 42.5 Å². The molecule has 0 unspecified atom stereocenters. The first-order chi connectivity index (χ1) is 17.9. The molecule has 0 bridgehead atoms. The molecule has 0 saturated carbocycles. The SMILES string of the molecule is COc1ccc(Nc2nc(-c3cccc(Nc4ccc(C(=O)O)c(F)c4)c3)cn3ccnc23)cc1OC. The van der Waals surface area contributed by atoms with E-state index in [1.54, 1.807) is 26.5 Å². The van der Waals surface area contributed by atoms with Crippen LogP contribution in [-0.4, -0.2) is 39.7 Å². The summed E-state index contributed by atoms with van der Waals surface area (Å²) in [5.74, 6) is -0.396. The predicted octanol–water partition coefficient (Wildman–Crippen LogP) is 5.74. The van der Waals surface area contributed by atoms with Gasteiger partial charge < -0.3 is 29.6 Å². The van der Waals surface area contributed by atoms with E-state index >= 15 is 0 Å². The lowest BCUT2D eigenvalue weighted by atomic mass is 10.1. The molecule has 0 aliphatic rings. The Kier molecular flexibility index (Phi) is 6.29. The van der Waals surface area contributed by atoms with E-state index in [1.165, 1.54) is 12.1 Å². The summed E-state index contributed by atoms with van der Waals surface area (Å²) in [5, 5.41) is 15.5. The Hall–Kier alpha value is -5.12. The van der Waals surface area contributed by atoms with E-state index in [0.717, 1.165) is 17.3 Å². The van der Waals surface area contributed by atoms with Gasteiger partial charge in [0, 0.05) is 47.3 Å². The quantitative estimate of drug-likeness (QED) is 0.248. The average Bonchev–Trinajstić information content (AvgIpc) is 3.38. The van der Waals surface area contributed by atoms with Gasteiger partial charge in [0.25, 0.3) is 0 Å². The second-order valence-electron chi connectivity index (χ2n) is 8.03. The number of aromatic carboxylic acids is 1. The minimum Gasteiger partial charge on any atom is -0.493 e. The molecule has 9 nitrogen and oxygen atoms in total. The Bertz CT molecular complexity index is 1620. The molecule has 37 heavy (non-hydrogen) atoms. The molecule has 2 aromatic heterocycles. The van der Waals surface area contributed by atoms with Gasteiger partial charge in [0.05, 0.1) is 25.5 Å². The number of ether oxygens (including phenoxy) is 2. The molecule has 0 fully saturated rings.